The lowest BCUT2D eigenvalue weighted by Crippen LogP contribution is -2.37. The second-order valence-corrected chi connectivity index (χ2v) is 6.59. The first-order valence-corrected chi connectivity index (χ1v) is 9.08. The molecule has 144 valence electrons. The van der Waals surface area contributed by atoms with Gasteiger partial charge in [-0.1, -0.05) is 17.7 Å². The molecule has 0 aliphatic carbocycles. The first kappa shape index (κ1) is 19.3. The molecule has 2 aromatic rings. The van der Waals surface area contributed by atoms with Crippen LogP contribution in [0.4, 0.5) is 0 Å². The molecular weight excluding hydrogens is 372 g/mol. The first-order valence-electron chi connectivity index (χ1n) is 8.70. The van der Waals surface area contributed by atoms with Crippen LogP contribution in [-0.2, 0) is 4.74 Å². The van der Waals surface area contributed by atoms with Crippen LogP contribution in [0.3, 0.4) is 0 Å². The van der Waals surface area contributed by atoms with Crippen molar-refractivity contribution in [1.82, 2.24) is 14.5 Å². The van der Waals surface area contributed by atoms with Crippen molar-refractivity contribution in [3.05, 3.63) is 55.7 Å². The summed E-state index contributed by atoms with van der Waals surface area (Å²) < 4.78 is 6.29. The molecular formula is C18H21ClN4O4. The Morgan fingerprint density at radius 2 is 2.07 bits per heavy atom. The van der Waals surface area contributed by atoms with E-state index in [1.807, 2.05) is 0 Å². The average molecular weight is 393 g/mol. The minimum absolute atomic E-state index is 0.0686. The van der Waals surface area contributed by atoms with Gasteiger partial charge in [0.2, 0.25) is 5.88 Å². The van der Waals surface area contributed by atoms with E-state index in [2.05, 4.69) is 14.9 Å². The van der Waals surface area contributed by atoms with Gasteiger partial charge in [-0.2, -0.15) is 0 Å². The van der Waals surface area contributed by atoms with Gasteiger partial charge in [0.1, 0.15) is 5.56 Å². The molecule has 0 spiro atoms. The Morgan fingerprint density at radius 3 is 2.81 bits per heavy atom. The maximum atomic E-state index is 12.1. The lowest BCUT2D eigenvalue weighted by Gasteiger charge is -2.26. The Kier molecular flexibility index (Phi) is 6.44. The molecule has 1 saturated heterocycles. The zero-order chi connectivity index (χ0) is 19.2. The second kappa shape index (κ2) is 8.98. The highest BCUT2D eigenvalue weighted by Gasteiger charge is 2.14. The molecule has 1 aromatic carbocycles. The van der Waals surface area contributed by atoms with Crippen LogP contribution in [0, 0.1) is 0 Å². The van der Waals surface area contributed by atoms with Gasteiger partial charge in [0.15, 0.2) is 0 Å². The number of nitrogens with zero attached hydrogens (tertiary/aromatic N) is 3. The molecule has 27 heavy (non-hydrogen) atoms. The topological polar surface area (TPSA) is 99.9 Å². The maximum Gasteiger partial charge on any atom is 0.335 e. The zero-order valence-electron chi connectivity index (χ0n) is 14.7. The number of hydrogen-bond donors (Lipinski definition) is 2. The number of aromatic amines is 1. The van der Waals surface area contributed by atoms with Gasteiger partial charge in [-0.15, -0.1) is 0 Å². The number of aliphatic imine (C=N–C) groups is 1. The molecule has 0 bridgehead atoms. The standard InChI is InChI=1S/C18H21ClN4O4/c19-13-3-1-4-14(11-13)23-17(25)15(16(24)21-18(23)26)12-20-5-2-6-22-7-9-27-10-8-22/h1,3-4,11-12,25H,2,5-10H2,(H,21,24,26). The van der Waals surface area contributed by atoms with Crippen LogP contribution in [0.1, 0.15) is 12.0 Å². The van der Waals surface area contributed by atoms with Crippen LogP contribution in [0.5, 0.6) is 5.88 Å². The highest BCUT2D eigenvalue weighted by atomic mass is 35.5. The minimum Gasteiger partial charge on any atom is -0.493 e. The fourth-order valence-electron chi connectivity index (χ4n) is 2.88. The van der Waals surface area contributed by atoms with Crippen molar-refractivity contribution in [2.75, 3.05) is 39.4 Å². The molecule has 1 aromatic heterocycles. The zero-order valence-corrected chi connectivity index (χ0v) is 15.5. The number of morpholine rings is 1. The number of halogens is 1. The van der Waals surface area contributed by atoms with Gasteiger partial charge in [-0.25, -0.2) is 9.36 Å². The number of hydrogen-bond acceptors (Lipinski definition) is 6. The van der Waals surface area contributed by atoms with Gasteiger partial charge in [0.05, 0.1) is 18.9 Å². The summed E-state index contributed by atoms with van der Waals surface area (Å²) in [7, 11) is 0. The predicted molar refractivity (Wildman–Crippen MR) is 104 cm³/mol. The molecule has 1 fully saturated rings. The summed E-state index contributed by atoms with van der Waals surface area (Å²) in [5, 5.41) is 10.8. The van der Waals surface area contributed by atoms with Crippen LogP contribution in [0.2, 0.25) is 5.02 Å². The van der Waals surface area contributed by atoms with Gasteiger partial charge in [0, 0.05) is 37.4 Å². The highest BCUT2D eigenvalue weighted by Crippen LogP contribution is 2.18. The summed E-state index contributed by atoms with van der Waals surface area (Å²) in [6, 6.07) is 6.42. The van der Waals surface area contributed by atoms with E-state index in [1.165, 1.54) is 12.3 Å². The third kappa shape index (κ3) is 4.85. The summed E-state index contributed by atoms with van der Waals surface area (Å²) in [5.41, 5.74) is -1.15. The molecule has 1 aliphatic rings. The van der Waals surface area contributed by atoms with Crippen LogP contribution < -0.4 is 11.2 Å². The van der Waals surface area contributed by atoms with Crippen molar-refractivity contribution in [2.24, 2.45) is 4.99 Å². The molecule has 0 amide bonds. The lowest BCUT2D eigenvalue weighted by molar-refractivity contribution is 0.0377. The second-order valence-electron chi connectivity index (χ2n) is 6.15. The molecule has 0 atom stereocenters. The van der Waals surface area contributed by atoms with Crippen molar-refractivity contribution in [3.8, 4) is 11.6 Å². The van der Waals surface area contributed by atoms with Crippen LogP contribution in [0.15, 0.2) is 38.8 Å². The monoisotopic (exact) mass is 392 g/mol. The highest BCUT2D eigenvalue weighted by molar-refractivity contribution is 6.30. The van der Waals surface area contributed by atoms with Crippen LogP contribution >= 0.6 is 11.6 Å². The van der Waals surface area contributed by atoms with Gasteiger partial charge < -0.3 is 9.84 Å². The third-order valence-corrected chi connectivity index (χ3v) is 4.51. The lowest BCUT2D eigenvalue weighted by atomic mass is 10.3. The molecule has 2 N–H and O–H groups in total. The van der Waals surface area contributed by atoms with Gasteiger partial charge >= 0.3 is 5.69 Å². The largest absolute Gasteiger partial charge is 0.493 e. The Hall–Kier alpha value is -2.42. The predicted octanol–water partition coefficient (Wildman–Crippen LogP) is 1.03. The maximum absolute atomic E-state index is 12.1. The van der Waals surface area contributed by atoms with Crippen molar-refractivity contribution in [2.45, 2.75) is 6.42 Å². The SMILES string of the molecule is O=c1[nH]c(=O)n(-c2cccc(Cl)c2)c(O)c1C=NCCCN1CCOCC1. The van der Waals surface area contributed by atoms with Crippen molar-refractivity contribution < 1.29 is 9.84 Å². The normalized spacial score (nSPS) is 15.4. The molecule has 3 rings (SSSR count). The molecule has 9 heteroatoms. The fraction of sp³-hybridized carbons (Fsp3) is 0.389. The van der Waals surface area contributed by atoms with E-state index in [1.54, 1.807) is 18.2 Å². The third-order valence-electron chi connectivity index (χ3n) is 4.27. The molecule has 0 unspecified atom stereocenters. The quantitative estimate of drug-likeness (QED) is 0.565. The number of nitrogens with one attached hydrogen (secondary N) is 1. The summed E-state index contributed by atoms with van der Waals surface area (Å²) >= 11 is 5.95. The number of aromatic nitrogens is 2. The van der Waals surface area contributed by atoms with E-state index in [4.69, 9.17) is 16.3 Å². The Bertz CT molecular complexity index is 932. The van der Waals surface area contributed by atoms with E-state index in [0.717, 1.165) is 43.8 Å². The molecule has 1 aliphatic heterocycles. The van der Waals surface area contributed by atoms with Crippen LogP contribution in [-0.4, -0.2) is 65.2 Å². The fourth-order valence-corrected chi connectivity index (χ4v) is 3.06. The van der Waals surface area contributed by atoms with E-state index < -0.39 is 17.1 Å². The van der Waals surface area contributed by atoms with E-state index in [0.29, 0.717) is 17.3 Å². The van der Waals surface area contributed by atoms with Crippen molar-refractivity contribution in [1.29, 1.82) is 0 Å². The Labute approximate surface area is 160 Å². The van der Waals surface area contributed by atoms with Crippen molar-refractivity contribution in [3.63, 3.8) is 0 Å². The van der Waals surface area contributed by atoms with E-state index >= 15 is 0 Å². The number of H-pyrrole nitrogens is 1. The van der Waals surface area contributed by atoms with E-state index in [9.17, 15) is 14.7 Å². The van der Waals surface area contributed by atoms with Gasteiger partial charge in [0.25, 0.3) is 5.56 Å². The Balaban J connectivity index is 1.74. The smallest absolute Gasteiger partial charge is 0.335 e. The molecule has 0 radical (unpaired) electrons. The number of benzene rings is 1. The summed E-state index contributed by atoms with van der Waals surface area (Å²) in [4.78, 5) is 32.9. The van der Waals surface area contributed by atoms with Gasteiger partial charge in [-0.3, -0.25) is 19.7 Å². The minimum atomic E-state index is -0.746. The number of aromatic hydroxyl groups is 1. The number of rotatable bonds is 6. The van der Waals surface area contributed by atoms with Gasteiger partial charge in [-0.05, 0) is 24.6 Å². The first-order chi connectivity index (χ1) is 13.1. The van der Waals surface area contributed by atoms with Crippen LogP contribution in [0.25, 0.3) is 5.69 Å². The summed E-state index contributed by atoms with van der Waals surface area (Å²) in [6.07, 6.45) is 2.12. The molecule has 0 saturated carbocycles. The Morgan fingerprint density at radius 1 is 1.30 bits per heavy atom. The molecule has 2 heterocycles. The summed E-state index contributed by atoms with van der Waals surface area (Å²) in [6.45, 7) is 4.72. The number of ether oxygens (including phenoxy) is 1. The molecule has 8 nitrogen and oxygen atoms in total. The summed E-state index contributed by atoms with van der Waals surface area (Å²) in [5.74, 6) is -0.469. The van der Waals surface area contributed by atoms with E-state index in [-0.39, 0.29) is 5.56 Å². The van der Waals surface area contributed by atoms with Crippen molar-refractivity contribution >= 4 is 17.8 Å². The average Bonchev–Trinajstić information content (AvgIpc) is 2.64.